The molecule has 0 heterocycles. The number of rotatable bonds is 10. The summed E-state index contributed by atoms with van der Waals surface area (Å²) < 4.78 is 30.0. The minimum absolute atomic E-state index is 0.185. The Morgan fingerprint density at radius 2 is 1.55 bits per heavy atom. The van der Waals surface area contributed by atoms with Gasteiger partial charge in [0, 0.05) is 17.6 Å². The highest BCUT2D eigenvalue weighted by molar-refractivity contribution is 5.89. The second-order valence-electron chi connectivity index (χ2n) is 7.09. The molecule has 0 radical (unpaired) electrons. The molecule has 0 unspecified atom stereocenters. The predicted molar refractivity (Wildman–Crippen MR) is 117 cm³/mol. The Bertz CT molecular complexity index is 1010. The van der Waals surface area contributed by atoms with Crippen molar-refractivity contribution in [3.8, 4) is 22.6 Å². The van der Waals surface area contributed by atoms with Crippen molar-refractivity contribution in [1.29, 1.82) is 0 Å². The number of carbonyl (C=O) groups excluding carboxylic acids is 2. The van der Waals surface area contributed by atoms with E-state index < -0.39 is 17.8 Å². The second kappa shape index (κ2) is 11.0. The number of hydrogen-bond donors (Lipinski definition) is 0. The highest BCUT2D eigenvalue weighted by atomic mass is 19.1. The standard InChI is InChI=1S/C25H25FO5/c1-16(2)15-29-13-12-18(5)25(28)31-23-11-8-20(14-22(23)26)19-6-9-21(10-7-19)30-24(27)17(3)4/h6-11,14H,1,3,5,12-13,15H2,2,4H3. The van der Waals surface area contributed by atoms with Crippen LogP contribution in [0.1, 0.15) is 20.3 Å². The number of esters is 2. The maximum Gasteiger partial charge on any atom is 0.338 e. The Balaban J connectivity index is 1.99. The van der Waals surface area contributed by atoms with Crippen LogP contribution in [0.25, 0.3) is 11.1 Å². The normalized spacial score (nSPS) is 10.3. The molecule has 2 aromatic rings. The molecule has 0 aromatic heterocycles. The fourth-order valence-electron chi connectivity index (χ4n) is 2.39. The minimum atomic E-state index is -0.714. The van der Waals surface area contributed by atoms with Crippen molar-refractivity contribution >= 4 is 11.9 Å². The monoisotopic (exact) mass is 424 g/mol. The maximum absolute atomic E-state index is 14.5. The molecule has 0 aliphatic carbocycles. The average Bonchev–Trinajstić information content (AvgIpc) is 2.72. The maximum atomic E-state index is 14.5. The zero-order valence-electron chi connectivity index (χ0n) is 17.7. The molecule has 6 heteroatoms. The van der Waals surface area contributed by atoms with Crippen LogP contribution in [0.5, 0.6) is 11.5 Å². The highest BCUT2D eigenvalue weighted by Gasteiger charge is 2.14. The minimum Gasteiger partial charge on any atom is -0.423 e. The van der Waals surface area contributed by atoms with Gasteiger partial charge in [0.15, 0.2) is 11.6 Å². The first-order chi connectivity index (χ1) is 14.7. The van der Waals surface area contributed by atoms with E-state index in [1.807, 2.05) is 6.92 Å². The number of carbonyl (C=O) groups is 2. The van der Waals surface area contributed by atoms with E-state index in [0.29, 0.717) is 35.7 Å². The zero-order chi connectivity index (χ0) is 23.0. The Morgan fingerprint density at radius 1 is 0.903 bits per heavy atom. The molecule has 2 aromatic carbocycles. The van der Waals surface area contributed by atoms with Crippen LogP contribution in [0.2, 0.25) is 0 Å². The van der Waals surface area contributed by atoms with E-state index in [4.69, 9.17) is 14.2 Å². The van der Waals surface area contributed by atoms with Gasteiger partial charge in [0.25, 0.3) is 0 Å². The number of hydrogen-bond acceptors (Lipinski definition) is 5. The average molecular weight is 424 g/mol. The molecular weight excluding hydrogens is 399 g/mol. The van der Waals surface area contributed by atoms with Crippen LogP contribution in [0.4, 0.5) is 4.39 Å². The molecule has 0 spiro atoms. The van der Waals surface area contributed by atoms with Gasteiger partial charge in [-0.25, -0.2) is 14.0 Å². The summed E-state index contributed by atoms with van der Waals surface area (Å²) in [6, 6.07) is 10.8. The van der Waals surface area contributed by atoms with E-state index in [-0.39, 0.29) is 17.7 Å². The molecular formula is C25H25FO5. The topological polar surface area (TPSA) is 61.8 Å². The third kappa shape index (κ3) is 7.35. The first-order valence-corrected chi connectivity index (χ1v) is 9.57. The number of halogens is 1. The Morgan fingerprint density at radius 3 is 2.13 bits per heavy atom. The summed E-state index contributed by atoms with van der Waals surface area (Å²) in [5.41, 5.74) is 2.62. The molecule has 0 N–H and O–H groups in total. The van der Waals surface area contributed by atoms with Gasteiger partial charge < -0.3 is 14.2 Å². The van der Waals surface area contributed by atoms with Crippen molar-refractivity contribution in [2.45, 2.75) is 20.3 Å². The first kappa shape index (κ1) is 23.8. The molecule has 162 valence electrons. The van der Waals surface area contributed by atoms with E-state index in [0.717, 1.165) is 5.57 Å². The van der Waals surface area contributed by atoms with Crippen LogP contribution in [0, 0.1) is 5.82 Å². The van der Waals surface area contributed by atoms with Crippen LogP contribution in [0.15, 0.2) is 78.9 Å². The van der Waals surface area contributed by atoms with Crippen molar-refractivity contribution in [3.05, 3.63) is 84.7 Å². The van der Waals surface area contributed by atoms with Gasteiger partial charge in [-0.15, -0.1) is 0 Å². The van der Waals surface area contributed by atoms with E-state index in [9.17, 15) is 14.0 Å². The van der Waals surface area contributed by atoms with Gasteiger partial charge in [0.1, 0.15) is 5.75 Å². The summed E-state index contributed by atoms with van der Waals surface area (Å²) in [6.45, 7) is 15.0. The SMILES string of the molecule is C=C(C)COCCC(=C)C(=O)Oc1ccc(-c2ccc(OC(=O)C(=C)C)cc2)cc1F. The molecule has 5 nitrogen and oxygen atoms in total. The zero-order valence-corrected chi connectivity index (χ0v) is 17.7. The van der Waals surface area contributed by atoms with Crippen molar-refractivity contribution in [1.82, 2.24) is 0 Å². The van der Waals surface area contributed by atoms with Crippen LogP contribution < -0.4 is 9.47 Å². The van der Waals surface area contributed by atoms with Gasteiger partial charge in [-0.1, -0.05) is 43.5 Å². The highest BCUT2D eigenvalue weighted by Crippen LogP contribution is 2.28. The molecule has 2 rings (SSSR count). The lowest BCUT2D eigenvalue weighted by Gasteiger charge is -2.10. The van der Waals surface area contributed by atoms with Gasteiger partial charge >= 0.3 is 11.9 Å². The Hall–Kier alpha value is -3.51. The van der Waals surface area contributed by atoms with E-state index in [1.54, 1.807) is 37.3 Å². The predicted octanol–water partition coefficient (Wildman–Crippen LogP) is 5.42. The van der Waals surface area contributed by atoms with Gasteiger partial charge in [-0.3, -0.25) is 0 Å². The Labute approximate surface area is 181 Å². The Kier molecular flexibility index (Phi) is 8.46. The van der Waals surface area contributed by atoms with Crippen LogP contribution >= 0.6 is 0 Å². The summed E-state index contributed by atoms with van der Waals surface area (Å²) in [5.74, 6) is -1.75. The molecule has 0 aliphatic rings. The molecule has 0 aliphatic heterocycles. The van der Waals surface area contributed by atoms with E-state index in [1.165, 1.54) is 12.1 Å². The van der Waals surface area contributed by atoms with Crippen molar-refractivity contribution in [2.75, 3.05) is 13.2 Å². The number of ether oxygens (including phenoxy) is 3. The third-order valence-corrected chi connectivity index (χ3v) is 4.07. The van der Waals surface area contributed by atoms with E-state index in [2.05, 4.69) is 19.7 Å². The number of benzene rings is 2. The quantitative estimate of drug-likeness (QED) is 0.168. The lowest BCUT2D eigenvalue weighted by atomic mass is 10.1. The lowest BCUT2D eigenvalue weighted by Crippen LogP contribution is -2.13. The summed E-state index contributed by atoms with van der Waals surface area (Å²) in [4.78, 5) is 23.7. The van der Waals surface area contributed by atoms with Gasteiger partial charge in [-0.2, -0.15) is 0 Å². The van der Waals surface area contributed by atoms with Gasteiger partial charge in [0.2, 0.25) is 0 Å². The van der Waals surface area contributed by atoms with Gasteiger partial charge in [0.05, 0.1) is 13.2 Å². The van der Waals surface area contributed by atoms with E-state index >= 15 is 0 Å². The third-order valence-electron chi connectivity index (χ3n) is 4.07. The molecule has 0 amide bonds. The molecule has 0 atom stereocenters. The molecule has 0 saturated carbocycles. The fraction of sp³-hybridized carbons (Fsp3) is 0.200. The summed E-state index contributed by atoms with van der Waals surface area (Å²) in [5, 5.41) is 0. The fourth-order valence-corrected chi connectivity index (χ4v) is 2.39. The van der Waals surface area contributed by atoms with Crippen molar-refractivity contribution in [3.63, 3.8) is 0 Å². The first-order valence-electron chi connectivity index (χ1n) is 9.57. The summed E-state index contributed by atoms with van der Waals surface area (Å²) in [7, 11) is 0. The second-order valence-corrected chi connectivity index (χ2v) is 7.09. The van der Waals surface area contributed by atoms with Crippen LogP contribution in [-0.4, -0.2) is 25.2 Å². The molecule has 31 heavy (non-hydrogen) atoms. The molecule has 0 saturated heterocycles. The van der Waals surface area contributed by atoms with Crippen LogP contribution in [0.3, 0.4) is 0 Å². The smallest absolute Gasteiger partial charge is 0.338 e. The van der Waals surface area contributed by atoms with Crippen LogP contribution in [-0.2, 0) is 14.3 Å². The summed E-state index contributed by atoms with van der Waals surface area (Å²) in [6.07, 6.45) is 0.272. The van der Waals surface area contributed by atoms with Crippen molar-refractivity contribution in [2.24, 2.45) is 0 Å². The summed E-state index contributed by atoms with van der Waals surface area (Å²) >= 11 is 0. The molecule has 0 fully saturated rings. The largest absolute Gasteiger partial charge is 0.423 e. The molecule has 0 bridgehead atoms. The van der Waals surface area contributed by atoms with Gasteiger partial charge in [-0.05, 0) is 49.2 Å². The lowest BCUT2D eigenvalue weighted by molar-refractivity contribution is -0.131. The van der Waals surface area contributed by atoms with Crippen molar-refractivity contribution < 1.29 is 28.2 Å².